The highest BCUT2D eigenvalue weighted by molar-refractivity contribution is 6.30. The third kappa shape index (κ3) is 4.07. The maximum atomic E-state index is 11.5. The number of benzene rings is 1. The van der Waals surface area contributed by atoms with E-state index in [1.165, 1.54) is 24.3 Å². The van der Waals surface area contributed by atoms with Crippen molar-refractivity contribution < 1.29 is 39.4 Å². The SMILES string of the molecule is O=C(OC[C@H]1O[C@H](O)[C@H](O)[C@@H](O)[C@@H]1O)Oc1ccc(Cl)cc1. The molecule has 22 heavy (non-hydrogen) atoms. The lowest BCUT2D eigenvalue weighted by molar-refractivity contribution is -0.286. The minimum atomic E-state index is -1.70. The Labute approximate surface area is 130 Å². The number of halogens is 1. The molecule has 0 saturated carbocycles. The van der Waals surface area contributed by atoms with Crippen molar-refractivity contribution in [2.45, 2.75) is 30.7 Å². The molecule has 2 rings (SSSR count). The topological polar surface area (TPSA) is 126 Å². The summed E-state index contributed by atoms with van der Waals surface area (Å²) in [5, 5.41) is 38.3. The van der Waals surface area contributed by atoms with Crippen molar-refractivity contribution >= 4 is 17.8 Å². The zero-order valence-corrected chi connectivity index (χ0v) is 12.0. The number of aliphatic hydroxyl groups is 4. The van der Waals surface area contributed by atoms with Gasteiger partial charge in [-0.3, -0.25) is 0 Å². The smallest absolute Gasteiger partial charge is 0.431 e. The van der Waals surface area contributed by atoms with Gasteiger partial charge in [-0.25, -0.2) is 4.79 Å². The quantitative estimate of drug-likeness (QED) is 0.437. The summed E-state index contributed by atoms with van der Waals surface area (Å²) < 4.78 is 14.4. The largest absolute Gasteiger partial charge is 0.513 e. The highest BCUT2D eigenvalue weighted by Crippen LogP contribution is 2.20. The molecule has 0 spiro atoms. The molecule has 0 radical (unpaired) electrons. The Hall–Kier alpha value is -1.42. The van der Waals surface area contributed by atoms with Crippen molar-refractivity contribution in [3.63, 3.8) is 0 Å². The van der Waals surface area contributed by atoms with E-state index in [0.717, 1.165) is 0 Å². The van der Waals surface area contributed by atoms with Gasteiger partial charge in [0.2, 0.25) is 0 Å². The molecule has 1 saturated heterocycles. The number of ether oxygens (including phenoxy) is 3. The number of rotatable bonds is 3. The van der Waals surface area contributed by atoms with Crippen LogP contribution >= 0.6 is 11.6 Å². The van der Waals surface area contributed by atoms with Gasteiger partial charge in [0, 0.05) is 5.02 Å². The molecule has 1 aromatic rings. The van der Waals surface area contributed by atoms with Crippen LogP contribution in [0.5, 0.6) is 5.75 Å². The zero-order valence-electron chi connectivity index (χ0n) is 11.2. The first-order valence-electron chi connectivity index (χ1n) is 6.36. The first kappa shape index (κ1) is 16.9. The molecule has 4 N–H and O–H groups in total. The predicted octanol–water partition coefficient (Wildman–Crippen LogP) is -0.345. The van der Waals surface area contributed by atoms with E-state index in [1.54, 1.807) is 0 Å². The summed E-state index contributed by atoms with van der Waals surface area (Å²) in [6.45, 7) is -0.478. The van der Waals surface area contributed by atoms with E-state index in [2.05, 4.69) is 0 Å². The molecule has 0 amide bonds. The van der Waals surface area contributed by atoms with E-state index in [-0.39, 0.29) is 5.75 Å². The maximum absolute atomic E-state index is 11.5. The molecule has 1 aliphatic heterocycles. The van der Waals surface area contributed by atoms with E-state index in [1.807, 2.05) is 0 Å². The van der Waals surface area contributed by atoms with Crippen LogP contribution in [-0.4, -0.2) is 63.9 Å². The first-order valence-corrected chi connectivity index (χ1v) is 6.74. The van der Waals surface area contributed by atoms with Crippen molar-refractivity contribution in [2.24, 2.45) is 0 Å². The van der Waals surface area contributed by atoms with E-state index >= 15 is 0 Å². The van der Waals surface area contributed by atoms with Crippen molar-refractivity contribution in [1.82, 2.24) is 0 Å². The second-order valence-corrected chi connectivity index (χ2v) is 5.09. The van der Waals surface area contributed by atoms with Crippen molar-refractivity contribution in [3.05, 3.63) is 29.3 Å². The van der Waals surface area contributed by atoms with Crippen LogP contribution in [-0.2, 0) is 9.47 Å². The molecule has 122 valence electrons. The highest BCUT2D eigenvalue weighted by atomic mass is 35.5. The average Bonchev–Trinajstić information content (AvgIpc) is 2.50. The number of aliphatic hydroxyl groups excluding tert-OH is 4. The Balaban J connectivity index is 1.84. The predicted molar refractivity (Wildman–Crippen MR) is 72.3 cm³/mol. The first-order chi connectivity index (χ1) is 10.4. The lowest BCUT2D eigenvalue weighted by atomic mass is 9.99. The van der Waals surface area contributed by atoms with Gasteiger partial charge in [0.25, 0.3) is 0 Å². The molecule has 1 aromatic carbocycles. The van der Waals surface area contributed by atoms with Crippen LogP contribution in [0.3, 0.4) is 0 Å². The summed E-state index contributed by atoms with van der Waals surface area (Å²) in [5.74, 6) is 0.204. The Kier molecular flexibility index (Phi) is 5.57. The summed E-state index contributed by atoms with van der Waals surface area (Å²) in [4.78, 5) is 11.5. The molecular weight excluding hydrogens is 320 g/mol. The van der Waals surface area contributed by atoms with Crippen LogP contribution in [0.4, 0.5) is 4.79 Å². The van der Waals surface area contributed by atoms with Gasteiger partial charge in [-0.2, -0.15) is 0 Å². The van der Waals surface area contributed by atoms with Crippen LogP contribution < -0.4 is 4.74 Å². The molecule has 8 nitrogen and oxygen atoms in total. The Morgan fingerprint density at radius 2 is 1.73 bits per heavy atom. The summed E-state index contributed by atoms with van der Waals surface area (Å²) >= 11 is 5.68. The Morgan fingerprint density at radius 3 is 2.36 bits per heavy atom. The second-order valence-electron chi connectivity index (χ2n) is 4.65. The minimum absolute atomic E-state index is 0.204. The molecule has 0 bridgehead atoms. The summed E-state index contributed by atoms with van der Waals surface area (Å²) in [7, 11) is 0. The Bertz CT molecular complexity index is 507. The fourth-order valence-electron chi connectivity index (χ4n) is 1.85. The van der Waals surface area contributed by atoms with Gasteiger partial charge >= 0.3 is 6.16 Å². The van der Waals surface area contributed by atoms with E-state index in [9.17, 15) is 25.2 Å². The average molecular weight is 335 g/mol. The van der Waals surface area contributed by atoms with Crippen molar-refractivity contribution in [1.29, 1.82) is 0 Å². The molecule has 9 heteroatoms. The van der Waals surface area contributed by atoms with Gasteiger partial charge in [-0.1, -0.05) is 11.6 Å². The van der Waals surface area contributed by atoms with Gasteiger partial charge in [0.1, 0.15) is 36.8 Å². The van der Waals surface area contributed by atoms with Gasteiger partial charge < -0.3 is 34.6 Å². The van der Waals surface area contributed by atoms with E-state index in [0.29, 0.717) is 5.02 Å². The fraction of sp³-hybridized carbons (Fsp3) is 0.462. The molecular formula is C13H15ClO8. The fourth-order valence-corrected chi connectivity index (χ4v) is 1.97. The van der Waals surface area contributed by atoms with Gasteiger partial charge in [-0.15, -0.1) is 0 Å². The van der Waals surface area contributed by atoms with Crippen molar-refractivity contribution in [3.8, 4) is 5.75 Å². The standard InChI is InChI=1S/C13H15ClO8/c14-6-1-3-7(4-2-6)21-13(19)20-5-8-9(15)10(16)11(17)12(18)22-8/h1-4,8-12,15-18H,5H2/t8-,9-,10+,11-,12+/m1/s1. The number of carbonyl (C=O) groups excluding carboxylic acids is 1. The maximum Gasteiger partial charge on any atom is 0.513 e. The van der Waals surface area contributed by atoms with E-state index < -0.39 is 43.5 Å². The van der Waals surface area contributed by atoms with E-state index in [4.69, 9.17) is 25.8 Å². The molecule has 1 fully saturated rings. The summed E-state index contributed by atoms with van der Waals surface area (Å²) in [6, 6.07) is 5.96. The van der Waals surface area contributed by atoms with Crippen LogP contribution in [0.2, 0.25) is 5.02 Å². The third-order valence-electron chi connectivity index (χ3n) is 3.07. The van der Waals surface area contributed by atoms with Gasteiger partial charge in [-0.05, 0) is 24.3 Å². The van der Waals surface area contributed by atoms with Crippen LogP contribution in [0.25, 0.3) is 0 Å². The molecule has 1 aliphatic rings. The highest BCUT2D eigenvalue weighted by Gasteiger charge is 2.43. The lowest BCUT2D eigenvalue weighted by Gasteiger charge is -2.37. The second kappa shape index (κ2) is 7.23. The minimum Gasteiger partial charge on any atom is -0.431 e. The number of hydrogen-bond donors (Lipinski definition) is 4. The third-order valence-corrected chi connectivity index (χ3v) is 3.32. The summed E-state index contributed by atoms with van der Waals surface area (Å²) in [6.07, 6.45) is -8.75. The van der Waals surface area contributed by atoms with Gasteiger partial charge in [0.05, 0.1) is 0 Å². The van der Waals surface area contributed by atoms with Crippen molar-refractivity contribution in [2.75, 3.05) is 6.61 Å². The number of hydrogen-bond acceptors (Lipinski definition) is 8. The monoisotopic (exact) mass is 334 g/mol. The number of carbonyl (C=O) groups is 1. The zero-order chi connectivity index (χ0) is 16.3. The van der Waals surface area contributed by atoms with Gasteiger partial charge in [0.15, 0.2) is 6.29 Å². The molecule has 0 aromatic heterocycles. The molecule has 0 unspecified atom stereocenters. The molecule has 1 heterocycles. The van der Waals surface area contributed by atoms with Crippen LogP contribution in [0, 0.1) is 0 Å². The van der Waals surface area contributed by atoms with Crippen LogP contribution in [0.15, 0.2) is 24.3 Å². The normalized spacial score (nSPS) is 31.6. The molecule has 5 atom stereocenters. The lowest BCUT2D eigenvalue weighted by Crippen LogP contribution is -2.58. The van der Waals surface area contributed by atoms with Crippen LogP contribution in [0.1, 0.15) is 0 Å². The molecule has 0 aliphatic carbocycles. The Morgan fingerprint density at radius 1 is 1.09 bits per heavy atom. The summed E-state index contributed by atoms with van der Waals surface area (Å²) in [5.41, 5.74) is 0.